The maximum atomic E-state index is 0. The molecule has 0 aliphatic carbocycles. The van der Waals surface area contributed by atoms with Gasteiger partial charge in [-0.1, -0.05) is 0 Å². The molecule has 0 rings (SSSR count). The summed E-state index contributed by atoms with van der Waals surface area (Å²) in [5, 5.41) is 0. The van der Waals surface area contributed by atoms with Crippen LogP contribution in [0.25, 0.3) is 0 Å². The SMILES string of the molecule is P.P.[CH3-].[Co]. The van der Waals surface area contributed by atoms with Crippen molar-refractivity contribution in [2.45, 2.75) is 0 Å². The third kappa shape index (κ3) is 10.1. The molecule has 0 bridgehead atoms. The molecule has 2 unspecified atom stereocenters. The fraction of sp³-hybridized carbons (Fsp3) is 0. The number of hydrogen-bond acceptors (Lipinski definition) is 0. The summed E-state index contributed by atoms with van der Waals surface area (Å²) < 4.78 is 0. The molecule has 0 spiro atoms. The molecule has 0 aliphatic rings. The zero-order chi connectivity index (χ0) is 0. The van der Waals surface area contributed by atoms with Crippen LogP contribution in [0.4, 0.5) is 0 Å². The van der Waals surface area contributed by atoms with Crippen LogP contribution >= 0.6 is 19.8 Å². The van der Waals surface area contributed by atoms with Gasteiger partial charge < -0.3 is 7.43 Å². The van der Waals surface area contributed by atoms with Gasteiger partial charge in [-0.2, -0.15) is 19.8 Å². The zero-order valence-corrected chi connectivity index (χ0v) is 6.62. The summed E-state index contributed by atoms with van der Waals surface area (Å²) >= 11 is 0. The van der Waals surface area contributed by atoms with Gasteiger partial charge in [0.1, 0.15) is 0 Å². The monoisotopic (exact) mass is 142 g/mol. The van der Waals surface area contributed by atoms with Gasteiger partial charge in [-0.3, -0.25) is 0 Å². The van der Waals surface area contributed by atoms with Crippen LogP contribution < -0.4 is 0 Å². The van der Waals surface area contributed by atoms with Crippen LogP contribution in [0.3, 0.4) is 0 Å². The molecule has 33 valence electrons. The third-order valence-corrected chi connectivity index (χ3v) is 0. The molecule has 4 heavy (non-hydrogen) atoms. The average Bonchev–Trinajstić information content (AvgIpc) is 0. The molecule has 0 amide bonds. The fourth-order valence-electron chi connectivity index (χ4n) is 0. The van der Waals surface area contributed by atoms with Crippen molar-refractivity contribution in [3.63, 3.8) is 0 Å². The minimum absolute atomic E-state index is 0. The summed E-state index contributed by atoms with van der Waals surface area (Å²) in [6.45, 7) is 0. The Kier molecular flexibility index (Phi) is 363. The van der Waals surface area contributed by atoms with E-state index in [4.69, 9.17) is 0 Å². The normalized spacial score (nSPS) is 0. The molecule has 0 N–H and O–H groups in total. The number of rotatable bonds is 0. The van der Waals surface area contributed by atoms with Gasteiger partial charge in [0.25, 0.3) is 0 Å². The van der Waals surface area contributed by atoms with Crippen molar-refractivity contribution in [3.8, 4) is 0 Å². The van der Waals surface area contributed by atoms with E-state index in [2.05, 4.69) is 0 Å². The van der Waals surface area contributed by atoms with E-state index >= 15 is 0 Å². The largest absolute Gasteiger partial charge is 0.358 e. The quantitative estimate of drug-likeness (QED) is 0.342. The second-order valence-corrected chi connectivity index (χ2v) is 0. The summed E-state index contributed by atoms with van der Waals surface area (Å²) in [6, 6.07) is 0. The predicted octanol–water partition coefficient (Wildman–Crippen LogP) is 0.564. The molecule has 0 fully saturated rings. The third-order valence-electron chi connectivity index (χ3n) is 0. The predicted molar refractivity (Wildman–Crippen MR) is 28.6 cm³/mol. The molecule has 0 heterocycles. The summed E-state index contributed by atoms with van der Waals surface area (Å²) in [4.78, 5) is 0. The maximum absolute atomic E-state index is 0. The second-order valence-electron chi connectivity index (χ2n) is 0. The summed E-state index contributed by atoms with van der Waals surface area (Å²) in [6.07, 6.45) is 0. The summed E-state index contributed by atoms with van der Waals surface area (Å²) in [5.41, 5.74) is 0. The van der Waals surface area contributed by atoms with Gasteiger partial charge in [0.15, 0.2) is 0 Å². The molecule has 0 aliphatic heterocycles. The van der Waals surface area contributed by atoms with Crippen molar-refractivity contribution in [2.75, 3.05) is 0 Å². The molecule has 0 aromatic heterocycles. The van der Waals surface area contributed by atoms with Gasteiger partial charge in [0.05, 0.1) is 0 Å². The molecule has 0 aromatic carbocycles. The van der Waals surface area contributed by atoms with Crippen molar-refractivity contribution in [2.24, 2.45) is 0 Å². The van der Waals surface area contributed by atoms with Crippen LogP contribution in [0, 0.1) is 7.43 Å². The molecule has 0 saturated carbocycles. The Morgan fingerprint density at radius 2 is 0.750 bits per heavy atom. The van der Waals surface area contributed by atoms with E-state index in [0.29, 0.717) is 0 Å². The van der Waals surface area contributed by atoms with Crippen molar-refractivity contribution in [1.82, 2.24) is 0 Å². The van der Waals surface area contributed by atoms with Gasteiger partial charge in [0.2, 0.25) is 0 Å². The van der Waals surface area contributed by atoms with E-state index in [0.717, 1.165) is 0 Å². The van der Waals surface area contributed by atoms with Crippen LogP contribution in [-0.2, 0) is 16.8 Å². The Hall–Kier alpha value is 1.37. The molecule has 0 saturated heterocycles. The average molecular weight is 142 g/mol. The first kappa shape index (κ1) is 54.8. The molecule has 3 heteroatoms. The smallest absolute Gasteiger partial charge is 0 e. The van der Waals surface area contributed by atoms with Crippen LogP contribution in [-0.4, -0.2) is 0 Å². The van der Waals surface area contributed by atoms with E-state index in [1.54, 1.807) is 0 Å². The summed E-state index contributed by atoms with van der Waals surface area (Å²) in [5.74, 6) is 0. The summed E-state index contributed by atoms with van der Waals surface area (Å²) in [7, 11) is 0. The first-order valence-corrected chi connectivity index (χ1v) is 0. The Morgan fingerprint density at radius 3 is 0.750 bits per heavy atom. The van der Waals surface area contributed by atoms with Gasteiger partial charge >= 0.3 is 0 Å². The van der Waals surface area contributed by atoms with Crippen molar-refractivity contribution in [3.05, 3.63) is 7.43 Å². The van der Waals surface area contributed by atoms with Crippen LogP contribution in [0.2, 0.25) is 0 Å². The standard InChI is InChI=1S/CH3.Co.2H3P/h1H3;;2*1H3/q-1;;;. The van der Waals surface area contributed by atoms with E-state index in [9.17, 15) is 0 Å². The van der Waals surface area contributed by atoms with Crippen LogP contribution in [0.1, 0.15) is 0 Å². The van der Waals surface area contributed by atoms with Crippen LogP contribution in [0.5, 0.6) is 0 Å². The molecular weight excluding hydrogens is 133 g/mol. The maximum Gasteiger partial charge on any atom is 0 e. The van der Waals surface area contributed by atoms with E-state index in [1.165, 1.54) is 0 Å². The van der Waals surface area contributed by atoms with E-state index < -0.39 is 0 Å². The zero-order valence-electron chi connectivity index (χ0n) is 2.75. The molecular formula is CH9CoP2-. The molecule has 2 atom stereocenters. The van der Waals surface area contributed by atoms with Crippen molar-refractivity contribution < 1.29 is 16.8 Å². The minimum atomic E-state index is 0. The Balaban J connectivity index is 0. The van der Waals surface area contributed by atoms with Crippen LogP contribution in [0.15, 0.2) is 0 Å². The van der Waals surface area contributed by atoms with Crippen molar-refractivity contribution >= 4 is 19.8 Å². The molecule has 1 radical (unpaired) electrons. The van der Waals surface area contributed by atoms with E-state index in [-0.39, 0.29) is 44.0 Å². The minimum Gasteiger partial charge on any atom is -0.358 e. The topological polar surface area (TPSA) is 0 Å². The Bertz CT molecular complexity index is 6.00. The first-order valence-electron chi connectivity index (χ1n) is 0. The van der Waals surface area contributed by atoms with Gasteiger partial charge in [-0.05, 0) is 0 Å². The van der Waals surface area contributed by atoms with Gasteiger partial charge in [-0.15, -0.1) is 0 Å². The first-order chi connectivity index (χ1) is 0. The molecule has 0 nitrogen and oxygen atoms in total. The van der Waals surface area contributed by atoms with Gasteiger partial charge in [-0.25, -0.2) is 0 Å². The van der Waals surface area contributed by atoms with E-state index in [1.807, 2.05) is 0 Å². The Labute approximate surface area is 44.6 Å². The Morgan fingerprint density at radius 1 is 0.750 bits per heavy atom. The number of hydrogen-bond donors (Lipinski definition) is 0. The van der Waals surface area contributed by atoms with Crippen molar-refractivity contribution in [1.29, 1.82) is 0 Å². The van der Waals surface area contributed by atoms with Gasteiger partial charge in [0, 0.05) is 16.8 Å². The second kappa shape index (κ2) is 26.5. The fourth-order valence-corrected chi connectivity index (χ4v) is 0. The molecule has 0 aromatic rings.